The van der Waals surface area contributed by atoms with Crippen molar-refractivity contribution < 1.29 is 22.7 Å². The van der Waals surface area contributed by atoms with E-state index in [-0.39, 0.29) is 28.0 Å². The number of nitrogens with one attached hydrogen (secondary N) is 1. The topological polar surface area (TPSA) is 98.3 Å². The maximum Gasteiger partial charge on any atom is 0.419 e. The Balaban J connectivity index is 1.14. The van der Waals surface area contributed by atoms with Crippen LogP contribution in [0.25, 0.3) is 11.3 Å². The fourth-order valence-electron chi connectivity index (χ4n) is 6.21. The number of halogens is 3. The monoisotopic (exact) mass is 462 g/mol. The summed E-state index contributed by atoms with van der Waals surface area (Å²) in [7, 11) is 0. The number of aromatic nitrogens is 3. The largest absolute Gasteiger partial charge is 0.419 e. The second-order valence-corrected chi connectivity index (χ2v) is 10.4. The SMILES string of the molecule is CC12CC(CNC(=O)N3CC4(CCn5nc(-c6cnc(N)c(C(F)(F)F)c6)cc54)C3)(CO1)C2. The van der Waals surface area contributed by atoms with Crippen molar-refractivity contribution in [2.24, 2.45) is 5.41 Å². The number of fused-ring (bicyclic) bond motifs is 3. The van der Waals surface area contributed by atoms with Gasteiger partial charge in [0, 0.05) is 54.5 Å². The molecule has 5 aliphatic rings. The first-order valence-corrected chi connectivity index (χ1v) is 11.1. The van der Waals surface area contributed by atoms with Gasteiger partial charge in [-0.3, -0.25) is 4.68 Å². The van der Waals surface area contributed by atoms with Gasteiger partial charge in [0.15, 0.2) is 0 Å². The van der Waals surface area contributed by atoms with Crippen LogP contribution in [0.2, 0.25) is 0 Å². The summed E-state index contributed by atoms with van der Waals surface area (Å²) in [6, 6.07) is 2.73. The Morgan fingerprint density at radius 1 is 1.30 bits per heavy atom. The van der Waals surface area contributed by atoms with E-state index in [1.807, 2.05) is 10.7 Å². The minimum absolute atomic E-state index is 0.00758. The molecule has 176 valence electrons. The third-order valence-corrected chi connectivity index (χ3v) is 7.76. The van der Waals surface area contributed by atoms with E-state index in [4.69, 9.17) is 10.5 Å². The highest BCUT2D eigenvalue weighted by atomic mass is 19.4. The van der Waals surface area contributed by atoms with Crippen LogP contribution in [0.1, 0.15) is 37.4 Å². The fourth-order valence-corrected chi connectivity index (χ4v) is 6.21. The highest BCUT2D eigenvalue weighted by Gasteiger charge is 2.60. The molecule has 0 radical (unpaired) electrons. The zero-order valence-corrected chi connectivity index (χ0v) is 18.2. The van der Waals surface area contributed by atoms with Gasteiger partial charge in [0.1, 0.15) is 5.82 Å². The Bertz CT molecular complexity index is 1150. The van der Waals surface area contributed by atoms with Crippen LogP contribution in [0.15, 0.2) is 18.3 Å². The van der Waals surface area contributed by atoms with E-state index in [1.54, 1.807) is 4.90 Å². The lowest BCUT2D eigenvalue weighted by molar-refractivity contribution is -0.137. The predicted octanol–water partition coefficient (Wildman–Crippen LogP) is 2.78. The van der Waals surface area contributed by atoms with Gasteiger partial charge in [0.05, 0.1) is 23.5 Å². The van der Waals surface area contributed by atoms with Crippen LogP contribution in [0.3, 0.4) is 0 Å². The number of anilines is 1. The molecular formula is C22H25F3N6O2. The Morgan fingerprint density at radius 3 is 2.73 bits per heavy atom. The van der Waals surface area contributed by atoms with Gasteiger partial charge in [-0.2, -0.15) is 18.3 Å². The van der Waals surface area contributed by atoms with Crippen LogP contribution >= 0.6 is 0 Å². The average molecular weight is 462 g/mol. The first-order chi connectivity index (χ1) is 15.5. The van der Waals surface area contributed by atoms with Gasteiger partial charge < -0.3 is 20.7 Å². The number of hydrogen-bond donors (Lipinski definition) is 2. The number of likely N-dealkylation sites (tertiary alicyclic amines) is 1. The number of nitrogens with zero attached hydrogens (tertiary/aromatic N) is 4. The van der Waals surface area contributed by atoms with Crippen molar-refractivity contribution in [3.8, 4) is 11.3 Å². The summed E-state index contributed by atoms with van der Waals surface area (Å²) in [5, 5.41) is 7.57. The van der Waals surface area contributed by atoms with E-state index in [9.17, 15) is 18.0 Å². The summed E-state index contributed by atoms with van der Waals surface area (Å²) in [5.41, 5.74) is 5.97. The van der Waals surface area contributed by atoms with Gasteiger partial charge in [-0.25, -0.2) is 9.78 Å². The molecular weight excluding hydrogens is 437 g/mol. The molecule has 33 heavy (non-hydrogen) atoms. The molecule has 11 heteroatoms. The second kappa shape index (κ2) is 6.40. The Kier molecular flexibility index (Phi) is 4.03. The lowest BCUT2D eigenvalue weighted by Gasteiger charge is -2.48. The number of urea groups is 1. The fraction of sp³-hybridized carbons (Fsp3) is 0.591. The van der Waals surface area contributed by atoms with E-state index < -0.39 is 17.6 Å². The van der Waals surface area contributed by atoms with Crippen LogP contribution in [-0.4, -0.2) is 57.5 Å². The van der Waals surface area contributed by atoms with Crippen molar-refractivity contribution in [1.82, 2.24) is 25.0 Å². The number of pyridine rings is 1. The van der Waals surface area contributed by atoms with Crippen molar-refractivity contribution >= 4 is 11.8 Å². The standard InChI is InChI=1S/C22H25F3N6O2/c1-19-7-20(8-19,12-33-19)9-28-18(32)30-10-21(11-30)2-3-31-16(21)5-15(29-31)13-4-14(22(23,24)25)17(26)27-6-13/h4-6H,2-3,7-12H2,1H3,(H2,26,27)(H,28,32). The minimum atomic E-state index is -4.58. The second-order valence-electron chi connectivity index (χ2n) is 10.4. The highest BCUT2D eigenvalue weighted by Crippen LogP contribution is 2.57. The molecule has 2 aromatic rings. The highest BCUT2D eigenvalue weighted by molar-refractivity contribution is 5.76. The molecule has 0 aromatic carbocycles. The number of amides is 2. The molecule has 0 unspecified atom stereocenters. The average Bonchev–Trinajstić information content (AvgIpc) is 3.42. The van der Waals surface area contributed by atoms with Crippen molar-refractivity contribution in [2.45, 2.75) is 49.9 Å². The normalized spacial score (nSPS) is 29.0. The van der Waals surface area contributed by atoms with Crippen molar-refractivity contribution in [1.29, 1.82) is 0 Å². The maximum absolute atomic E-state index is 13.2. The summed E-state index contributed by atoms with van der Waals surface area (Å²) in [4.78, 5) is 18.2. The lowest BCUT2D eigenvalue weighted by atomic mass is 9.63. The van der Waals surface area contributed by atoms with E-state index in [0.29, 0.717) is 38.5 Å². The number of ether oxygens (including phenoxy) is 1. The number of carbonyl (C=O) groups is 1. The number of alkyl halides is 3. The van der Waals surface area contributed by atoms with Gasteiger partial charge >= 0.3 is 12.2 Å². The van der Waals surface area contributed by atoms with Crippen molar-refractivity contribution in [3.63, 3.8) is 0 Å². The molecule has 2 aromatic heterocycles. The molecule has 6 heterocycles. The number of hydrogen-bond acceptors (Lipinski definition) is 5. The Hall–Kier alpha value is -2.82. The van der Waals surface area contributed by atoms with Crippen molar-refractivity contribution in [2.75, 3.05) is 32.0 Å². The molecule has 2 bridgehead atoms. The van der Waals surface area contributed by atoms with Gasteiger partial charge in [-0.1, -0.05) is 0 Å². The Morgan fingerprint density at radius 2 is 2.06 bits per heavy atom. The summed E-state index contributed by atoms with van der Waals surface area (Å²) < 4.78 is 47.3. The Labute approximate surface area is 188 Å². The number of aryl methyl sites for hydroxylation is 1. The maximum atomic E-state index is 13.2. The third-order valence-electron chi connectivity index (χ3n) is 7.76. The minimum Gasteiger partial charge on any atom is -0.383 e. The summed E-state index contributed by atoms with van der Waals surface area (Å²) in [6.07, 6.45) is -0.442. The van der Waals surface area contributed by atoms with Crippen LogP contribution in [0.5, 0.6) is 0 Å². The predicted molar refractivity (Wildman–Crippen MR) is 112 cm³/mol. The molecule has 4 fully saturated rings. The van der Waals surface area contributed by atoms with Crippen LogP contribution in [-0.2, 0) is 22.9 Å². The molecule has 3 N–H and O–H groups in total. The zero-order chi connectivity index (χ0) is 23.2. The first-order valence-electron chi connectivity index (χ1n) is 11.1. The molecule has 1 saturated carbocycles. The van der Waals surface area contributed by atoms with E-state index in [0.717, 1.165) is 31.0 Å². The van der Waals surface area contributed by atoms with E-state index in [2.05, 4.69) is 22.3 Å². The van der Waals surface area contributed by atoms with Crippen LogP contribution in [0.4, 0.5) is 23.8 Å². The number of carbonyl (C=O) groups excluding carboxylic acids is 1. The van der Waals surface area contributed by atoms with Gasteiger partial charge in [0.25, 0.3) is 0 Å². The van der Waals surface area contributed by atoms with E-state index in [1.165, 1.54) is 6.20 Å². The molecule has 7 rings (SSSR count). The first kappa shape index (κ1) is 20.8. The summed E-state index contributed by atoms with van der Waals surface area (Å²) in [5.74, 6) is -0.551. The number of rotatable bonds is 3. The number of nitrogen functional groups attached to an aromatic ring is 1. The van der Waals surface area contributed by atoms with Crippen LogP contribution in [0, 0.1) is 5.41 Å². The molecule has 2 amide bonds. The summed E-state index contributed by atoms with van der Waals surface area (Å²) >= 11 is 0. The molecule has 0 atom stereocenters. The van der Waals surface area contributed by atoms with Gasteiger partial charge in [-0.05, 0) is 38.3 Å². The molecule has 1 aliphatic carbocycles. The number of nitrogens with two attached hydrogens (primary N) is 1. The van der Waals surface area contributed by atoms with E-state index >= 15 is 0 Å². The van der Waals surface area contributed by atoms with Crippen LogP contribution < -0.4 is 11.1 Å². The summed E-state index contributed by atoms with van der Waals surface area (Å²) in [6.45, 7) is 5.24. The third kappa shape index (κ3) is 3.12. The molecule has 1 spiro atoms. The zero-order valence-electron chi connectivity index (χ0n) is 18.2. The quantitative estimate of drug-likeness (QED) is 0.731. The van der Waals surface area contributed by atoms with Crippen molar-refractivity contribution in [3.05, 3.63) is 29.6 Å². The lowest BCUT2D eigenvalue weighted by Crippen LogP contribution is -2.63. The van der Waals surface area contributed by atoms with Gasteiger partial charge in [0.2, 0.25) is 0 Å². The van der Waals surface area contributed by atoms with Gasteiger partial charge in [-0.15, -0.1) is 0 Å². The molecule has 8 nitrogen and oxygen atoms in total. The smallest absolute Gasteiger partial charge is 0.383 e. The molecule has 4 aliphatic heterocycles. The molecule has 3 saturated heterocycles.